The van der Waals surface area contributed by atoms with Gasteiger partial charge in [-0.2, -0.15) is 0 Å². The van der Waals surface area contributed by atoms with Gasteiger partial charge in [-0.3, -0.25) is 14.6 Å². The lowest BCUT2D eigenvalue weighted by Gasteiger charge is -2.34. The molecule has 2 N–H and O–H groups in total. The second-order valence-electron chi connectivity index (χ2n) is 10.1. The van der Waals surface area contributed by atoms with Gasteiger partial charge in [0.1, 0.15) is 0 Å². The van der Waals surface area contributed by atoms with Crippen molar-refractivity contribution in [3.05, 3.63) is 94.0 Å². The highest BCUT2D eigenvalue weighted by Gasteiger charge is 2.30. The molecule has 0 aromatic heterocycles. The fraction of sp³-hybridized carbons (Fsp3) is 0.355. The molecule has 0 aliphatic carbocycles. The molecule has 2 unspecified atom stereocenters. The fourth-order valence-corrected chi connectivity index (χ4v) is 5.78. The summed E-state index contributed by atoms with van der Waals surface area (Å²) in [7, 11) is 0. The number of nitrogens with zero attached hydrogens (tertiary/aromatic N) is 2. The smallest absolute Gasteiger partial charge is 0.306 e. The van der Waals surface area contributed by atoms with Crippen LogP contribution in [-0.2, 0) is 16.1 Å². The van der Waals surface area contributed by atoms with E-state index < -0.39 is 0 Å². The monoisotopic (exact) mass is 512 g/mol. The zero-order chi connectivity index (χ0) is 26.8. The average molecular weight is 513 g/mol. The van der Waals surface area contributed by atoms with E-state index in [1.165, 1.54) is 5.56 Å². The SMILES string of the molecule is CCOC(=O)CC(c1ccc2c(c1)CN(C(=O)c1ccccc1)CC2C)c1ccc2c(c1C)NNN2CC. The quantitative estimate of drug-likeness (QED) is 0.407. The van der Waals surface area contributed by atoms with Crippen LogP contribution in [0.4, 0.5) is 11.4 Å². The molecule has 2 atom stereocenters. The minimum absolute atomic E-state index is 0.0464. The van der Waals surface area contributed by atoms with Crippen molar-refractivity contribution in [2.24, 2.45) is 0 Å². The van der Waals surface area contributed by atoms with Crippen molar-refractivity contribution in [3.8, 4) is 0 Å². The summed E-state index contributed by atoms with van der Waals surface area (Å²) in [4.78, 5) is 28.0. The van der Waals surface area contributed by atoms with Crippen molar-refractivity contribution in [1.29, 1.82) is 0 Å². The molecule has 198 valence electrons. The Morgan fingerprint density at radius 3 is 2.61 bits per heavy atom. The number of carbonyl (C=O) groups is 2. The third-order valence-corrected chi connectivity index (χ3v) is 7.72. The van der Waals surface area contributed by atoms with E-state index in [0.29, 0.717) is 25.3 Å². The number of ether oxygens (including phenoxy) is 1. The third kappa shape index (κ3) is 4.86. The zero-order valence-corrected chi connectivity index (χ0v) is 22.6. The molecule has 2 heterocycles. The van der Waals surface area contributed by atoms with E-state index in [0.717, 1.165) is 40.2 Å². The van der Waals surface area contributed by atoms with Crippen molar-refractivity contribution >= 4 is 23.3 Å². The minimum atomic E-state index is -0.217. The highest BCUT2D eigenvalue weighted by atomic mass is 16.5. The predicted octanol–water partition coefficient (Wildman–Crippen LogP) is 5.51. The Hall–Kier alpha value is -3.84. The number of fused-ring (bicyclic) bond motifs is 2. The van der Waals surface area contributed by atoms with Gasteiger partial charge < -0.3 is 15.1 Å². The predicted molar refractivity (Wildman–Crippen MR) is 150 cm³/mol. The number of esters is 1. The summed E-state index contributed by atoms with van der Waals surface area (Å²) >= 11 is 0. The van der Waals surface area contributed by atoms with Gasteiger partial charge in [-0.25, -0.2) is 0 Å². The van der Waals surface area contributed by atoms with Crippen molar-refractivity contribution in [2.75, 3.05) is 30.1 Å². The number of hydrogen-bond donors (Lipinski definition) is 2. The summed E-state index contributed by atoms with van der Waals surface area (Å²) in [5, 5.41) is 2.06. The molecule has 1 amide bonds. The molecular weight excluding hydrogens is 476 g/mol. The van der Waals surface area contributed by atoms with Crippen LogP contribution in [0.5, 0.6) is 0 Å². The maximum absolute atomic E-state index is 13.3. The molecule has 5 rings (SSSR count). The van der Waals surface area contributed by atoms with Gasteiger partial charge in [0, 0.05) is 31.1 Å². The van der Waals surface area contributed by atoms with E-state index in [4.69, 9.17) is 4.74 Å². The zero-order valence-electron chi connectivity index (χ0n) is 22.6. The van der Waals surface area contributed by atoms with E-state index in [1.807, 2.05) is 42.2 Å². The Kier molecular flexibility index (Phi) is 7.38. The van der Waals surface area contributed by atoms with Crippen molar-refractivity contribution < 1.29 is 14.3 Å². The van der Waals surface area contributed by atoms with Gasteiger partial charge in [-0.05, 0) is 72.7 Å². The highest BCUT2D eigenvalue weighted by Crippen LogP contribution is 2.41. The highest BCUT2D eigenvalue weighted by molar-refractivity contribution is 5.94. The molecule has 7 heteroatoms. The van der Waals surface area contributed by atoms with E-state index in [1.54, 1.807) is 0 Å². The molecule has 0 spiro atoms. The normalized spacial score (nSPS) is 16.9. The first kappa shape index (κ1) is 25.8. The first-order valence-electron chi connectivity index (χ1n) is 13.5. The molecule has 7 nitrogen and oxygen atoms in total. The standard InChI is InChI=1S/C31H36N4O3/c1-5-35-28-15-14-26(21(4)30(28)32-33-35)27(17-29(36)38-6-2)23-12-13-25-20(3)18-34(19-24(25)16-23)31(37)22-10-8-7-9-11-22/h7-16,20,27,32-33H,5-6,17-19H2,1-4H3. The Morgan fingerprint density at radius 2 is 1.87 bits per heavy atom. The Morgan fingerprint density at radius 1 is 1.08 bits per heavy atom. The van der Waals surface area contributed by atoms with Crippen LogP contribution in [0.15, 0.2) is 60.7 Å². The number of nitrogens with one attached hydrogen (secondary N) is 2. The molecule has 3 aromatic carbocycles. The van der Waals surface area contributed by atoms with Crippen LogP contribution in [0.25, 0.3) is 0 Å². The first-order valence-corrected chi connectivity index (χ1v) is 13.5. The lowest BCUT2D eigenvalue weighted by molar-refractivity contribution is -0.143. The van der Waals surface area contributed by atoms with Gasteiger partial charge in [-0.15, -0.1) is 5.53 Å². The fourth-order valence-electron chi connectivity index (χ4n) is 5.78. The van der Waals surface area contributed by atoms with Crippen molar-refractivity contribution in [2.45, 2.75) is 52.5 Å². The number of carbonyl (C=O) groups excluding carboxylic acids is 2. The lowest BCUT2D eigenvalue weighted by atomic mass is 9.82. The second kappa shape index (κ2) is 10.9. The molecule has 0 saturated carbocycles. The Labute approximate surface area is 224 Å². The molecule has 0 bridgehead atoms. The number of amides is 1. The number of anilines is 2. The van der Waals surface area contributed by atoms with Gasteiger partial charge in [-0.1, -0.05) is 49.4 Å². The molecule has 38 heavy (non-hydrogen) atoms. The summed E-state index contributed by atoms with van der Waals surface area (Å²) in [6, 6.07) is 20.2. The van der Waals surface area contributed by atoms with Crippen LogP contribution in [0, 0.1) is 6.92 Å². The van der Waals surface area contributed by atoms with Gasteiger partial charge in [0.05, 0.1) is 24.4 Å². The summed E-state index contributed by atoms with van der Waals surface area (Å²) in [5.41, 5.74) is 15.0. The molecule has 0 saturated heterocycles. The third-order valence-electron chi connectivity index (χ3n) is 7.72. The summed E-state index contributed by atoms with van der Waals surface area (Å²) in [6.07, 6.45) is 0.249. The molecule has 2 aliphatic rings. The van der Waals surface area contributed by atoms with Crippen LogP contribution in [-0.4, -0.2) is 36.5 Å². The molecule has 0 fully saturated rings. The molecule has 2 aliphatic heterocycles. The van der Waals surface area contributed by atoms with Crippen LogP contribution >= 0.6 is 0 Å². The van der Waals surface area contributed by atoms with Crippen molar-refractivity contribution in [1.82, 2.24) is 10.4 Å². The second-order valence-corrected chi connectivity index (χ2v) is 10.1. The van der Waals surface area contributed by atoms with Crippen LogP contribution in [0.2, 0.25) is 0 Å². The Bertz CT molecular complexity index is 1340. The van der Waals surface area contributed by atoms with Crippen molar-refractivity contribution in [3.63, 3.8) is 0 Å². The van der Waals surface area contributed by atoms with Gasteiger partial charge in [0.15, 0.2) is 0 Å². The molecule has 3 aromatic rings. The van der Waals surface area contributed by atoms with Crippen LogP contribution in [0.3, 0.4) is 0 Å². The minimum Gasteiger partial charge on any atom is -0.466 e. The number of hydrazine groups is 2. The first-order chi connectivity index (χ1) is 18.4. The van der Waals surface area contributed by atoms with Crippen LogP contribution < -0.4 is 16.0 Å². The summed E-state index contributed by atoms with van der Waals surface area (Å²) in [5.74, 6) is -0.116. The van der Waals surface area contributed by atoms with E-state index in [2.05, 4.69) is 67.1 Å². The number of rotatable bonds is 7. The maximum atomic E-state index is 13.3. The topological polar surface area (TPSA) is 73.9 Å². The molecule has 0 radical (unpaired) electrons. The largest absolute Gasteiger partial charge is 0.466 e. The van der Waals surface area contributed by atoms with E-state index >= 15 is 0 Å². The summed E-state index contributed by atoms with van der Waals surface area (Å²) < 4.78 is 5.38. The van der Waals surface area contributed by atoms with E-state index in [9.17, 15) is 9.59 Å². The van der Waals surface area contributed by atoms with Crippen LogP contribution in [0.1, 0.15) is 77.2 Å². The lowest BCUT2D eigenvalue weighted by Crippen LogP contribution is -2.37. The molecular formula is C31H36N4O3. The van der Waals surface area contributed by atoms with Gasteiger partial charge in [0.25, 0.3) is 5.91 Å². The summed E-state index contributed by atoms with van der Waals surface area (Å²) in [6.45, 7) is 10.6. The number of hydrogen-bond acceptors (Lipinski definition) is 6. The van der Waals surface area contributed by atoms with Gasteiger partial charge in [0.2, 0.25) is 0 Å². The van der Waals surface area contributed by atoms with E-state index in [-0.39, 0.29) is 30.1 Å². The Balaban J connectivity index is 1.51. The average Bonchev–Trinajstić information content (AvgIpc) is 3.36. The maximum Gasteiger partial charge on any atom is 0.306 e. The number of benzene rings is 3. The van der Waals surface area contributed by atoms with Gasteiger partial charge >= 0.3 is 5.97 Å².